The van der Waals surface area contributed by atoms with Gasteiger partial charge in [0.2, 0.25) is 11.8 Å². The van der Waals surface area contributed by atoms with E-state index in [4.69, 9.17) is 23.7 Å². The van der Waals surface area contributed by atoms with Crippen LogP contribution in [0.2, 0.25) is 0 Å². The number of thiophene rings is 1. The van der Waals surface area contributed by atoms with Crippen molar-refractivity contribution in [2.75, 3.05) is 41.3 Å². The number of thioether (sulfide) groups is 2. The zero-order valence-corrected chi connectivity index (χ0v) is 34.3. The summed E-state index contributed by atoms with van der Waals surface area (Å²) in [6, 6.07) is 22.1. The van der Waals surface area contributed by atoms with Gasteiger partial charge in [0.05, 0.1) is 57.7 Å². The number of hydrogen-bond acceptors (Lipinski definition) is 11. The normalized spacial score (nSPS) is 21.0. The maximum atomic E-state index is 15.0. The molecule has 3 heterocycles. The van der Waals surface area contributed by atoms with Crippen molar-refractivity contribution >= 4 is 56.8 Å². The zero-order chi connectivity index (χ0) is 40.7. The molecule has 2 amide bonds. The summed E-state index contributed by atoms with van der Waals surface area (Å²) in [6.07, 6.45) is -4.89. The number of alkyl halides is 3. The Labute approximate surface area is 340 Å². The summed E-state index contributed by atoms with van der Waals surface area (Å²) in [5.41, 5.74) is 2.29. The first kappa shape index (κ1) is 40.3. The number of nitrogens with zero attached hydrogens (tertiary/aromatic N) is 2. The molecule has 57 heavy (non-hydrogen) atoms. The first-order valence-electron chi connectivity index (χ1n) is 17.6. The number of hydrogen-bond donors (Lipinski definition) is 0. The fourth-order valence-corrected chi connectivity index (χ4v) is 12.3. The van der Waals surface area contributed by atoms with Gasteiger partial charge in [-0.15, -0.1) is 48.0 Å². The van der Waals surface area contributed by atoms with Crippen molar-refractivity contribution in [3.8, 4) is 34.5 Å². The Bertz CT molecular complexity index is 2260. The van der Waals surface area contributed by atoms with Gasteiger partial charge < -0.3 is 38.2 Å². The van der Waals surface area contributed by atoms with E-state index in [2.05, 4.69) is 4.74 Å². The van der Waals surface area contributed by atoms with Crippen LogP contribution in [0.25, 0.3) is 10.1 Å². The van der Waals surface area contributed by atoms with Crippen LogP contribution in [-0.2, 0) is 32.4 Å². The van der Waals surface area contributed by atoms with Crippen LogP contribution >= 0.6 is 34.9 Å². The van der Waals surface area contributed by atoms with E-state index in [1.54, 1.807) is 58.4 Å². The molecule has 2 fully saturated rings. The fourth-order valence-electron chi connectivity index (χ4n) is 7.74. The molecule has 0 spiro atoms. The predicted molar refractivity (Wildman–Crippen MR) is 215 cm³/mol. The molecule has 1 aromatic heterocycles. The summed E-state index contributed by atoms with van der Waals surface area (Å²) < 4.78 is 75.0. The number of amides is 2. The molecule has 0 bridgehead atoms. The number of rotatable bonds is 13. The Kier molecular flexibility index (Phi) is 11.2. The average Bonchev–Trinajstić information content (AvgIpc) is 3.85. The van der Waals surface area contributed by atoms with Crippen LogP contribution in [0.3, 0.4) is 0 Å². The smallest absolute Gasteiger partial charge is 0.496 e. The molecule has 3 unspecified atom stereocenters. The molecule has 7 rings (SSSR count). The van der Waals surface area contributed by atoms with Crippen molar-refractivity contribution in [1.29, 1.82) is 0 Å². The minimum absolute atomic E-state index is 0.00621. The van der Waals surface area contributed by atoms with E-state index in [9.17, 15) is 18.0 Å². The van der Waals surface area contributed by atoms with E-state index < -0.39 is 27.1 Å². The SMILES string of the molecule is COc1cc(OC)c(C2(C3(c4c(OC)cccc4OC)SCC(=O)N3Cc3csc4ccccc34)SC(C)C(=O)N2Cc2ccc(OC(F)(F)F)cc2)c(OC)c1. The van der Waals surface area contributed by atoms with Crippen molar-refractivity contribution in [2.24, 2.45) is 0 Å². The molecule has 2 aliphatic rings. The van der Waals surface area contributed by atoms with Gasteiger partial charge in [-0.3, -0.25) is 9.59 Å². The molecule has 300 valence electrons. The second-order valence-corrected chi connectivity index (χ2v) is 16.7. The van der Waals surface area contributed by atoms with Crippen LogP contribution in [0.5, 0.6) is 34.5 Å². The standard InChI is InChI=1S/C41H39F3N2O8S3/c1-24-38(48)46(20-25-14-16-27(17-15-25)54-41(42,43)44)40(57-24,37-32(52-5)18-28(49-2)19-33(37)53-6)39(36-30(50-3)11-9-12-31(36)51-4)45(35(47)23-56-39)21-26-22-55-34-13-8-7-10-29(26)34/h7-19,22,24H,20-21,23H2,1-6H3. The van der Waals surface area contributed by atoms with Crippen LogP contribution < -0.4 is 28.4 Å². The molecule has 2 saturated heterocycles. The molecule has 3 atom stereocenters. The number of carbonyl (C=O) groups is 2. The van der Waals surface area contributed by atoms with E-state index in [0.717, 1.165) is 15.6 Å². The van der Waals surface area contributed by atoms with Gasteiger partial charge in [-0.1, -0.05) is 36.4 Å². The zero-order valence-electron chi connectivity index (χ0n) is 31.8. The third-order valence-corrected chi connectivity index (χ3v) is 14.4. The predicted octanol–water partition coefficient (Wildman–Crippen LogP) is 8.79. The molecule has 2 aliphatic heterocycles. The molecular weight excluding hydrogens is 802 g/mol. The largest absolute Gasteiger partial charge is 0.573 e. The summed E-state index contributed by atoms with van der Waals surface area (Å²) in [4.78, 5) is 30.2. The monoisotopic (exact) mass is 840 g/mol. The molecule has 0 saturated carbocycles. The molecule has 16 heteroatoms. The Morgan fingerprint density at radius 3 is 1.93 bits per heavy atom. The van der Waals surface area contributed by atoms with Crippen LogP contribution in [0.1, 0.15) is 29.2 Å². The summed E-state index contributed by atoms with van der Waals surface area (Å²) in [7, 11) is 7.57. The third kappa shape index (κ3) is 6.84. The molecule has 0 aliphatic carbocycles. The van der Waals surface area contributed by atoms with Gasteiger partial charge in [-0.2, -0.15) is 0 Å². The highest BCUT2D eigenvalue weighted by Gasteiger charge is 2.72. The number of fused-ring (bicyclic) bond motifs is 1. The summed E-state index contributed by atoms with van der Waals surface area (Å²) in [5, 5.41) is 2.29. The fraction of sp³-hybridized carbons (Fsp3) is 0.317. The van der Waals surface area contributed by atoms with Gasteiger partial charge in [0, 0.05) is 29.9 Å². The highest BCUT2D eigenvalue weighted by molar-refractivity contribution is 8.05. The van der Waals surface area contributed by atoms with E-state index in [0.29, 0.717) is 45.4 Å². The minimum Gasteiger partial charge on any atom is -0.496 e. The lowest BCUT2D eigenvalue weighted by Gasteiger charge is -2.54. The number of halogens is 3. The molecule has 10 nitrogen and oxygen atoms in total. The van der Waals surface area contributed by atoms with Crippen LogP contribution in [0.15, 0.2) is 84.2 Å². The number of carbonyl (C=O) groups excluding carboxylic acids is 2. The molecule has 5 aromatic rings. The summed E-state index contributed by atoms with van der Waals surface area (Å²) >= 11 is 4.21. The molecule has 0 N–H and O–H groups in total. The molecular formula is C41H39F3N2O8S3. The molecule has 0 radical (unpaired) electrons. The van der Waals surface area contributed by atoms with E-state index in [-0.39, 0.29) is 30.7 Å². The van der Waals surface area contributed by atoms with Crippen molar-refractivity contribution in [2.45, 2.75) is 41.4 Å². The Morgan fingerprint density at radius 1 is 0.719 bits per heavy atom. The first-order valence-corrected chi connectivity index (χ1v) is 20.4. The van der Waals surface area contributed by atoms with Gasteiger partial charge in [-0.05, 0) is 59.1 Å². The lowest BCUT2D eigenvalue weighted by molar-refractivity contribution is -0.274. The maximum absolute atomic E-state index is 15.0. The Morgan fingerprint density at radius 2 is 1.33 bits per heavy atom. The molecule has 4 aromatic carbocycles. The third-order valence-electron chi connectivity index (χ3n) is 10.1. The average molecular weight is 841 g/mol. The van der Waals surface area contributed by atoms with Crippen molar-refractivity contribution in [3.63, 3.8) is 0 Å². The first-order chi connectivity index (χ1) is 27.3. The minimum atomic E-state index is -4.89. The lowest BCUT2D eigenvalue weighted by Crippen LogP contribution is -2.61. The number of ether oxygens (including phenoxy) is 6. The van der Waals surface area contributed by atoms with Crippen LogP contribution in [0, 0.1) is 0 Å². The van der Waals surface area contributed by atoms with Gasteiger partial charge in [-0.25, -0.2) is 0 Å². The highest BCUT2D eigenvalue weighted by Crippen LogP contribution is 2.72. The maximum Gasteiger partial charge on any atom is 0.573 e. The van der Waals surface area contributed by atoms with E-state index >= 15 is 4.79 Å². The Hall–Kier alpha value is -4.93. The van der Waals surface area contributed by atoms with Gasteiger partial charge in [0.25, 0.3) is 0 Å². The highest BCUT2D eigenvalue weighted by atomic mass is 32.2. The van der Waals surface area contributed by atoms with Crippen molar-refractivity contribution < 1.29 is 51.2 Å². The van der Waals surface area contributed by atoms with E-state index in [1.165, 1.54) is 83.3 Å². The quantitative estimate of drug-likeness (QED) is 0.115. The number of benzene rings is 4. The summed E-state index contributed by atoms with van der Waals surface area (Å²) in [5.74, 6) is 0.881. The van der Waals surface area contributed by atoms with Gasteiger partial charge in [0.15, 0.2) is 9.74 Å². The van der Waals surface area contributed by atoms with Gasteiger partial charge >= 0.3 is 6.36 Å². The summed E-state index contributed by atoms with van der Waals surface area (Å²) in [6.45, 7) is 1.81. The second-order valence-electron chi connectivity index (χ2n) is 13.1. The van der Waals surface area contributed by atoms with Crippen LogP contribution in [0.4, 0.5) is 13.2 Å². The Balaban J connectivity index is 1.60. The topological polar surface area (TPSA) is 96.0 Å². The lowest BCUT2D eigenvalue weighted by atomic mass is 9.85. The second kappa shape index (κ2) is 15.8. The van der Waals surface area contributed by atoms with E-state index in [1.807, 2.05) is 29.6 Å². The number of methoxy groups -OCH3 is 5. The van der Waals surface area contributed by atoms with Crippen molar-refractivity contribution in [3.05, 3.63) is 106 Å². The van der Waals surface area contributed by atoms with Gasteiger partial charge in [0.1, 0.15) is 34.5 Å². The van der Waals surface area contributed by atoms with Crippen LogP contribution in [-0.4, -0.2) is 74.5 Å². The van der Waals surface area contributed by atoms with Crippen molar-refractivity contribution in [1.82, 2.24) is 9.80 Å².